The first kappa shape index (κ1) is 14.0. The van der Waals surface area contributed by atoms with E-state index in [2.05, 4.69) is 4.98 Å². The quantitative estimate of drug-likeness (QED) is 0.850. The van der Waals surface area contributed by atoms with Crippen molar-refractivity contribution in [3.05, 3.63) is 55.4 Å². The number of rotatable bonds is 2. The predicted molar refractivity (Wildman–Crippen MR) is 76.8 cm³/mol. The number of halogens is 3. The lowest BCUT2D eigenvalue weighted by molar-refractivity contribution is 1.15. The Bertz CT molecular complexity index is 708. The van der Waals surface area contributed by atoms with Crippen LogP contribution in [0.25, 0.3) is 11.1 Å². The number of pyridine rings is 1. The molecule has 0 aliphatic carbocycles. The van der Waals surface area contributed by atoms with Crippen LogP contribution in [0.4, 0.5) is 0 Å². The van der Waals surface area contributed by atoms with E-state index in [0.717, 1.165) is 0 Å². The lowest BCUT2D eigenvalue weighted by Crippen LogP contribution is -2.09. The van der Waals surface area contributed by atoms with Gasteiger partial charge in [0.1, 0.15) is 0 Å². The van der Waals surface area contributed by atoms with E-state index in [1.807, 2.05) is 6.07 Å². The van der Waals surface area contributed by atoms with E-state index in [1.54, 1.807) is 18.2 Å². The molecule has 1 N–H and O–H groups in total. The first-order valence-electron chi connectivity index (χ1n) is 5.26. The number of nitrogens with zero attached hydrogens (tertiary/aromatic N) is 1. The maximum absolute atomic E-state index is 11.8. The van der Waals surface area contributed by atoms with Gasteiger partial charge in [0.15, 0.2) is 0 Å². The number of hydrogen-bond acceptors (Lipinski definition) is 2. The average molecular weight is 314 g/mol. The molecule has 96 valence electrons. The Morgan fingerprint density at radius 1 is 1.16 bits per heavy atom. The maximum atomic E-state index is 11.8. The Labute approximate surface area is 124 Å². The SMILES string of the molecule is N#CCc1c[nH]c(=O)c(-c2cc(Cl)c(Cl)c(Cl)c2)c1. The van der Waals surface area contributed by atoms with Crippen molar-refractivity contribution in [3.8, 4) is 17.2 Å². The van der Waals surface area contributed by atoms with Crippen LogP contribution in [0.1, 0.15) is 5.56 Å². The summed E-state index contributed by atoms with van der Waals surface area (Å²) in [5, 5.41) is 9.47. The van der Waals surface area contributed by atoms with Gasteiger partial charge >= 0.3 is 0 Å². The van der Waals surface area contributed by atoms with E-state index in [0.29, 0.717) is 16.7 Å². The van der Waals surface area contributed by atoms with Crippen molar-refractivity contribution in [2.24, 2.45) is 0 Å². The minimum atomic E-state index is -0.281. The van der Waals surface area contributed by atoms with Gasteiger partial charge in [-0.1, -0.05) is 34.8 Å². The number of H-pyrrole nitrogens is 1. The lowest BCUT2D eigenvalue weighted by Gasteiger charge is -2.06. The van der Waals surface area contributed by atoms with Crippen molar-refractivity contribution in [3.63, 3.8) is 0 Å². The van der Waals surface area contributed by atoms with Gasteiger partial charge in [-0.2, -0.15) is 5.26 Å². The zero-order valence-electron chi connectivity index (χ0n) is 9.51. The molecule has 0 atom stereocenters. The van der Waals surface area contributed by atoms with E-state index in [4.69, 9.17) is 40.1 Å². The molecule has 0 aliphatic rings. The van der Waals surface area contributed by atoms with Crippen molar-refractivity contribution in [2.45, 2.75) is 6.42 Å². The third-order valence-electron chi connectivity index (χ3n) is 2.54. The Kier molecular flexibility index (Phi) is 4.16. The van der Waals surface area contributed by atoms with Gasteiger partial charge in [0, 0.05) is 11.8 Å². The standard InChI is InChI=1S/C13H7Cl3N2O/c14-10-4-8(5-11(15)12(10)16)9-3-7(1-2-17)6-18-13(9)19/h3-6H,1H2,(H,18,19). The molecule has 1 aromatic heterocycles. The van der Waals surface area contributed by atoms with Gasteiger partial charge < -0.3 is 4.98 Å². The van der Waals surface area contributed by atoms with Crippen molar-refractivity contribution >= 4 is 34.8 Å². The normalized spacial score (nSPS) is 10.2. The van der Waals surface area contributed by atoms with Gasteiger partial charge in [0.2, 0.25) is 0 Å². The van der Waals surface area contributed by atoms with Crippen molar-refractivity contribution in [2.75, 3.05) is 0 Å². The van der Waals surface area contributed by atoms with E-state index in [1.165, 1.54) is 6.20 Å². The van der Waals surface area contributed by atoms with Crippen LogP contribution in [0.3, 0.4) is 0 Å². The number of hydrogen-bond donors (Lipinski definition) is 1. The molecule has 0 bridgehead atoms. The van der Waals surface area contributed by atoms with Crippen molar-refractivity contribution in [1.82, 2.24) is 4.98 Å². The molecule has 1 aromatic carbocycles. The van der Waals surface area contributed by atoms with Gasteiger partial charge in [-0.15, -0.1) is 0 Å². The third kappa shape index (κ3) is 2.93. The molecule has 0 unspecified atom stereocenters. The molecule has 0 radical (unpaired) electrons. The van der Waals surface area contributed by atoms with E-state index < -0.39 is 0 Å². The summed E-state index contributed by atoms with van der Waals surface area (Å²) in [4.78, 5) is 14.4. The topological polar surface area (TPSA) is 56.6 Å². The molecule has 3 nitrogen and oxygen atoms in total. The number of aromatic nitrogens is 1. The summed E-state index contributed by atoms with van der Waals surface area (Å²) < 4.78 is 0. The molecule has 0 amide bonds. The molecule has 2 aromatic rings. The van der Waals surface area contributed by atoms with Crippen LogP contribution in [0, 0.1) is 11.3 Å². The second-order valence-corrected chi connectivity index (χ2v) is 5.03. The summed E-state index contributed by atoms with van der Waals surface area (Å²) in [5.41, 5.74) is 1.38. The van der Waals surface area contributed by atoms with E-state index in [9.17, 15) is 4.79 Å². The third-order valence-corrected chi connectivity index (χ3v) is 3.74. The number of nitriles is 1. The highest BCUT2D eigenvalue weighted by Gasteiger charge is 2.10. The van der Waals surface area contributed by atoms with Gasteiger partial charge in [0.05, 0.1) is 27.6 Å². The van der Waals surface area contributed by atoms with Crippen molar-refractivity contribution < 1.29 is 0 Å². The summed E-state index contributed by atoms with van der Waals surface area (Å²) in [7, 11) is 0. The summed E-state index contributed by atoms with van der Waals surface area (Å²) in [6.45, 7) is 0. The largest absolute Gasteiger partial charge is 0.328 e. The molecular weight excluding hydrogens is 307 g/mol. The zero-order chi connectivity index (χ0) is 14.0. The molecule has 19 heavy (non-hydrogen) atoms. The lowest BCUT2D eigenvalue weighted by atomic mass is 10.0. The monoisotopic (exact) mass is 312 g/mol. The molecule has 0 saturated heterocycles. The first-order chi connectivity index (χ1) is 9.02. The van der Waals surface area contributed by atoms with Crippen LogP contribution in [0.15, 0.2) is 29.2 Å². The number of aromatic amines is 1. The van der Waals surface area contributed by atoms with Crippen LogP contribution in [-0.4, -0.2) is 4.98 Å². The van der Waals surface area contributed by atoms with Gasteiger partial charge in [-0.25, -0.2) is 0 Å². The number of nitrogens with one attached hydrogen (secondary N) is 1. The van der Waals surface area contributed by atoms with E-state index in [-0.39, 0.29) is 27.0 Å². The summed E-state index contributed by atoms with van der Waals surface area (Å²) in [6.07, 6.45) is 1.72. The molecule has 2 rings (SSSR count). The molecule has 0 aliphatic heterocycles. The molecule has 0 spiro atoms. The fraction of sp³-hybridized carbons (Fsp3) is 0.0769. The van der Waals surface area contributed by atoms with E-state index >= 15 is 0 Å². The Morgan fingerprint density at radius 2 is 1.79 bits per heavy atom. The highest BCUT2D eigenvalue weighted by molar-refractivity contribution is 6.48. The molecule has 0 saturated carbocycles. The van der Waals surface area contributed by atoms with Crippen LogP contribution < -0.4 is 5.56 Å². The first-order valence-corrected chi connectivity index (χ1v) is 6.40. The van der Waals surface area contributed by atoms with Crippen LogP contribution in [0.5, 0.6) is 0 Å². The average Bonchev–Trinajstić information content (AvgIpc) is 2.38. The summed E-state index contributed by atoms with van der Waals surface area (Å²) >= 11 is 17.7. The van der Waals surface area contributed by atoms with Crippen LogP contribution in [-0.2, 0) is 6.42 Å². The summed E-state index contributed by atoms with van der Waals surface area (Å²) in [6, 6.07) is 6.79. The minimum Gasteiger partial charge on any atom is -0.328 e. The Morgan fingerprint density at radius 3 is 2.37 bits per heavy atom. The second-order valence-electron chi connectivity index (χ2n) is 3.84. The highest BCUT2D eigenvalue weighted by Crippen LogP contribution is 2.34. The minimum absolute atomic E-state index is 0.207. The zero-order valence-corrected chi connectivity index (χ0v) is 11.8. The molecule has 6 heteroatoms. The molecular formula is C13H7Cl3N2O. The predicted octanol–water partition coefficient (Wildman–Crippen LogP) is 4.07. The fourth-order valence-electron chi connectivity index (χ4n) is 1.65. The Balaban J connectivity index is 2.62. The van der Waals surface area contributed by atoms with Gasteiger partial charge in [0.25, 0.3) is 5.56 Å². The smallest absolute Gasteiger partial charge is 0.255 e. The van der Waals surface area contributed by atoms with Gasteiger partial charge in [-0.05, 0) is 29.3 Å². The summed E-state index contributed by atoms with van der Waals surface area (Å²) in [5.74, 6) is 0. The second kappa shape index (κ2) is 5.66. The maximum Gasteiger partial charge on any atom is 0.255 e. The molecule has 0 fully saturated rings. The molecule has 1 heterocycles. The highest BCUT2D eigenvalue weighted by atomic mass is 35.5. The van der Waals surface area contributed by atoms with Crippen molar-refractivity contribution in [1.29, 1.82) is 5.26 Å². The fourth-order valence-corrected chi connectivity index (χ4v) is 2.24. The van der Waals surface area contributed by atoms with Crippen LogP contribution in [0.2, 0.25) is 15.1 Å². The number of benzene rings is 1. The van der Waals surface area contributed by atoms with Gasteiger partial charge in [-0.3, -0.25) is 4.79 Å². The van der Waals surface area contributed by atoms with Crippen LogP contribution >= 0.6 is 34.8 Å². The Hall–Kier alpha value is -1.47.